The number of nitrogens with zero attached hydrogens (tertiary/aromatic N) is 1. The van der Waals surface area contributed by atoms with Gasteiger partial charge in [-0.15, -0.1) is 0 Å². The molecule has 0 aromatic heterocycles. The third-order valence-electron chi connectivity index (χ3n) is 4.80. The van der Waals surface area contributed by atoms with Crippen molar-refractivity contribution in [2.24, 2.45) is 0 Å². The summed E-state index contributed by atoms with van der Waals surface area (Å²) in [6, 6.07) is 15.4. The van der Waals surface area contributed by atoms with Crippen molar-refractivity contribution in [3.8, 4) is 5.75 Å². The van der Waals surface area contributed by atoms with E-state index in [1.807, 2.05) is 67.3 Å². The molecule has 1 unspecified atom stereocenters. The molecule has 1 aliphatic rings. The monoisotopic (exact) mass is 366 g/mol. The Balaban J connectivity index is 1.64. The molecule has 27 heavy (non-hydrogen) atoms. The van der Waals surface area contributed by atoms with Gasteiger partial charge in [0.2, 0.25) is 5.91 Å². The molecular formula is C22H26N2O3. The molecule has 0 spiro atoms. The zero-order valence-corrected chi connectivity index (χ0v) is 15.9. The van der Waals surface area contributed by atoms with E-state index in [-0.39, 0.29) is 24.5 Å². The number of hydrogen-bond acceptors (Lipinski definition) is 3. The summed E-state index contributed by atoms with van der Waals surface area (Å²) in [5, 5.41) is 3.02. The largest absolute Gasteiger partial charge is 0.484 e. The van der Waals surface area contributed by atoms with Crippen LogP contribution in [0.5, 0.6) is 5.75 Å². The van der Waals surface area contributed by atoms with Gasteiger partial charge in [-0.3, -0.25) is 9.59 Å². The first-order chi connectivity index (χ1) is 13.0. The lowest BCUT2D eigenvalue weighted by atomic mass is 10.1. The molecule has 1 fully saturated rings. The van der Waals surface area contributed by atoms with Gasteiger partial charge < -0.3 is 15.0 Å². The summed E-state index contributed by atoms with van der Waals surface area (Å²) >= 11 is 0. The second kappa shape index (κ2) is 8.71. The fourth-order valence-corrected chi connectivity index (χ4v) is 3.38. The first-order valence-electron chi connectivity index (χ1n) is 9.35. The molecule has 0 radical (unpaired) electrons. The molecule has 0 aliphatic carbocycles. The van der Waals surface area contributed by atoms with E-state index in [0.29, 0.717) is 18.7 Å². The molecule has 0 saturated carbocycles. The van der Waals surface area contributed by atoms with Gasteiger partial charge >= 0.3 is 0 Å². The fourth-order valence-electron chi connectivity index (χ4n) is 3.38. The number of rotatable bonds is 7. The minimum Gasteiger partial charge on any atom is -0.484 e. The van der Waals surface area contributed by atoms with Crippen LogP contribution in [0.1, 0.15) is 35.6 Å². The Morgan fingerprint density at radius 1 is 1.19 bits per heavy atom. The van der Waals surface area contributed by atoms with Crippen LogP contribution in [-0.4, -0.2) is 36.4 Å². The molecule has 2 amide bonds. The van der Waals surface area contributed by atoms with Crippen molar-refractivity contribution in [3.63, 3.8) is 0 Å². The molecule has 2 aromatic carbocycles. The summed E-state index contributed by atoms with van der Waals surface area (Å²) in [4.78, 5) is 26.3. The number of hydrogen-bond donors (Lipinski definition) is 1. The maximum atomic E-state index is 12.5. The lowest BCUT2D eigenvalue weighted by Crippen LogP contribution is -2.40. The molecule has 1 saturated heterocycles. The van der Waals surface area contributed by atoms with Crippen molar-refractivity contribution in [3.05, 3.63) is 65.2 Å². The normalized spacial score (nSPS) is 14.9. The summed E-state index contributed by atoms with van der Waals surface area (Å²) in [6.07, 6.45) is 1.47. The zero-order valence-electron chi connectivity index (χ0n) is 15.9. The van der Waals surface area contributed by atoms with E-state index in [0.717, 1.165) is 29.7 Å². The smallest absolute Gasteiger partial charge is 0.258 e. The van der Waals surface area contributed by atoms with E-state index in [1.54, 1.807) is 0 Å². The highest BCUT2D eigenvalue weighted by Gasteiger charge is 2.25. The number of nitrogens with one attached hydrogen (secondary N) is 1. The average Bonchev–Trinajstić information content (AvgIpc) is 3.06. The van der Waals surface area contributed by atoms with Crippen LogP contribution < -0.4 is 10.1 Å². The second-order valence-electron chi connectivity index (χ2n) is 7.03. The van der Waals surface area contributed by atoms with Crippen molar-refractivity contribution in [2.75, 3.05) is 19.7 Å². The topological polar surface area (TPSA) is 58.6 Å². The molecule has 1 aliphatic heterocycles. The number of ether oxygens (including phenoxy) is 1. The van der Waals surface area contributed by atoms with Crippen LogP contribution in [0.3, 0.4) is 0 Å². The highest BCUT2D eigenvalue weighted by molar-refractivity contribution is 5.79. The van der Waals surface area contributed by atoms with E-state index >= 15 is 0 Å². The molecule has 5 heteroatoms. The van der Waals surface area contributed by atoms with Crippen LogP contribution in [0.4, 0.5) is 0 Å². The molecule has 1 N–H and O–H groups in total. The molecule has 0 bridgehead atoms. The van der Waals surface area contributed by atoms with Crippen molar-refractivity contribution in [2.45, 2.75) is 32.7 Å². The van der Waals surface area contributed by atoms with E-state index in [9.17, 15) is 9.59 Å². The Kier molecular flexibility index (Phi) is 6.12. The number of aryl methyl sites for hydroxylation is 2. The number of benzene rings is 2. The van der Waals surface area contributed by atoms with E-state index in [4.69, 9.17) is 4.74 Å². The Hall–Kier alpha value is -2.82. The van der Waals surface area contributed by atoms with Gasteiger partial charge in [-0.1, -0.05) is 48.0 Å². The number of amides is 2. The molecule has 2 aromatic rings. The third kappa shape index (κ3) is 5.09. The van der Waals surface area contributed by atoms with Crippen LogP contribution in [0, 0.1) is 13.8 Å². The molecule has 1 heterocycles. The van der Waals surface area contributed by atoms with E-state index < -0.39 is 0 Å². The first kappa shape index (κ1) is 19.0. The number of likely N-dealkylation sites (tertiary alicyclic amines) is 1. The van der Waals surface area contributed by atoms with Crippen molar-refractivity contribution in [1.29, 1.82) is 0 Å². The Labute approximate surface area is 160 Å². The van der Waals surface area contributed by atoms with Crippen LogP contribution in [-0.2, 0) is 9.59 Å². The lowest BCUT2D eigenvalue weighted by Gasteiger charge is -2.25. The van der Waals surface area contributed by atoms with Gasteiger partial charge in [0, 0.05) is 19.5 Å². The number of carbonyl (C=O) groups excluding carboxylic acids is 2. The van der Waals surface area contributed by atoms with Crippen molar-refractivity contribution in [1.82, 2.24) is 10.2 Å². The molecule has 3 rings (SSSR count). The Morgan fingerprint density at radius 2 is 1.96 bits per heavy atom. The first-order valence-corrected chi connectivity index (χ1v) is 9.35. The van der Waals surface area contributed by atoms with Crippen LogP contribution in [0.25, 0.3) is 0 Å². The highest BCUT2D eigenvalue weighted by atomic mass is 16.5. The molecular weight excluding hydrogens is 340 g/mol. The third-order valence-corrected chi connectivity index (χ3v) is 4.80. The van der Waals surface area contributed by atoms with E-state index in [2.05, 4.69) is 5.32 Å². The van der Waals surface area contributed by atoms with Crippen LogP contribution in [0.2, 0.25) is 0 Å². The maximum absolute atomic E-state index is 12.5. The summed E-state index contributed by atoms with van der Waals surface area (Å²) in [6.45, 7) is 5.16. The second-order valence-corrected chi connectivity index (χ2v) is 7.03. The lowest BCUT2D eigenvalue weighted by molar-refractivity contribution is -0.129. The predicted molar refractivity (Wildman–Crippen MR) is 105 cm³/mol. The number of carbonyl (C=O) groups is 2. The molecule has 5 nitrogen and oxygen atoms in total. The summed E-state index contributed by atoms with van der Waals surface area (Å²) < 4.78 is 5.69. The fraction of sp³-hybridized carbons (Fsp3) is 0.364. The van der Waals surface area contributed by atoms with Crippen molar-refractivity contribution >= 4 is 11.8 Å². The summed E-state index contributed by atoms with van der Waals surface area (Å²) in [5.74, 6) is 0.661. The van der Waals surface area contributed by atoms with Gasteiger partial charge in [0.1, 0.15) is 5.75 Å². The van der Waals surface area contributed by atoms with Gasteiger partial charge in [0.15, 0.2) is 6.61 Å². The Morgan fingerprint density at radius 3 is 2.63 bits per heavy atom. The summed E-state index contributed by atoms with van der Waals surface area (Å²) in [5.41, 5.74) is 3.14. The zero-order chi connectivity index (χ0) is 19.2. The molecule has 1 atom stereocenters. The Bertz CT molecular complexity index is 804. The SMILES string of the molecule is Cc1ccc(OCC(=O)NC(CN2CCCC2=O)c2ccccc2)c(C)c1. The average molecular weight is 366 g/mol. The quantitative estimate of drug-likeness (QED) is 0.819. The standard InChI is InChI=1S/C22H26N2O3/c1-16-10-11-20(17(2)13-16)27-15-21(25)23-19(18-7-4-3-5-8-18)14-24-12-6-9-22(24)26/h3-5,7-8,10-11,13,19H,6,9,12,14-15H2,1-2H3,(H,23,25). The highest BCUT2D eigenvalue weighted by Crippen LogP contribution is 2.20. The van der Waals surface area contributed by atoms with Crippen molar-refractivity contribution < 1.29 is 14.3 Å². The van der Waals surface area contributed by atoms with Gasteiger partial charge in [-0.25, -0.2) is 0 Å². The van der Waals surface area contributed by atoms with Gasteiger partial charge in [-0.2, -0.15) is 0 Å². The van der Waals surface area contributed by atoms with Crippen LogP contribution >= 0.6 is 0 Å². The van der Waals surface area contributed by atoms with E-state index in [1.165, 1.54) is 0 Å². The summed E-state index contributed by atoms with van der Waals surface area (Å²) in [7, 11) is 0. The van der Waals surface area contributed by atoms with Crippen LogP contribution in [0.15, 0.2) is 48.5 Å². The minimum atomic E-state index is -0.247. The maximum Gasteiger partial charge on any atom is 0.258 e. The van der Waals surface area contributed by atoms with Gasteiger partial charge in [0.05, 0.1) is 6.04 Å². The molecule has 142 valence electrons. The minimum absolute atomic E-state index is 0.0544. The van der Waals surface area contributed by atoms with Gasteiger partial charge in [0.25, 0.3) is 5.91 Å². The predicted octanol–water partition coefficient (Wildman–Crippen LogP) is 3.16. The van der Waals surface area contributed by atoms with Gasteiger partial charge in [-0.05, 0) is 37.5 Å².